The van der Waals surface area contributed by atoms with E-state index >= 15 is 0 Å². The molecule has 21 heavy (non-hydrogen) atoms. The average molecular weight is 361 g/mol. The molecule has 0 amide bonds. The van der Waals surface area contributed by atoms with Crippen LogP contribution in [0, 0.1) is 0 Å². The molecule has 2 rings (SSSR count). The monoisotopic (exact) mass is 360 g/mol. The summed E-state index contributed by atoms with van der Waals surface area (Å²) in [6.07, 6.45) is 12.1. The van der Waals surface area contributed by atoms with Crippen LogP contribution in [0.4, 0.5) is 0 Å². The molecule has 0 aliphatic heterocycles. The molecule has 0 heterocycles. The maximum atomic E-state index is 2.50. The molecule has 3 heteroatoms. The van der Waals surface area contributed by atoms with E-state index < -0.39 is 0 Å². The van der Waals surface area contributed by atoms with Gasteiger partial charge in [0.05, 0.1) is 0 Å². The van der Waals surface area contributed by atoms with E-state index in [0.29, 0.717) is 7.44 Å². The third-order valence-electron chi connectivity index (χ3n) is 5.23. The molecule has 2 aliphatic rings. The Hall–Kier alpha value is 0.254. The van der Waals surface area contributed by atoms with E-state index in [1.807, 2.05) is 0 Å². The van der Waals surface area contributed by atoms with Crippen molar-refractivity contribution in [2.75, 3.05) is 0 Å². The zero-order chi connectivity index (χ0) is 14.3. The van der Waals surface area contributed by atoms with Gasteiger partial charge in [0.1, 0.15) is 0 Å². The molecule has 0 aromatic carbocycles. The summed E-state index contributed by atoms with van der Waals surface area (Å²) in [5, 5.41) is 0. The topological polar surface area (TPSA) is 0 Å². The third kappa shape index (κ3) is 3.61. The Kier molecular flexibility index (Phi) is 7.78. The van der Waals surface area contributed by atoms with Gasteiger partial charge in [-0.05, 0) is 0 Å². The normalized spacial score (nSPS) is 21.2. The Morgan fingerprint density at radius 1 is 0.905 bits per heavy atom. The van der Waals surface area contributed by atoms with Crippen molar-refractivity contribution in [3.05, 3.63) is 46.6 Å². The molecule has 0 spiro atoms. The maximum Gasteiger partial charge on any atom is -1.00 e. The fourth-order valence-corrected chi connectivity index (χ4v) is 7.25. The van der Waals surface area contributed by atoms with Crippen LogP contribution in [0.2, 0.25) is 7.44 Å². The van der Waals surface area contributed by atoms with Crippen molar-refractivity contribution in [2.24, 2.45) is 0 Å². The minimum atomic E-state index is -0.147. The Labute approximate surface area is 152 Å². The second-order valence-corrected chi connectivity index (χ2v) is 9.66. The van der Waals surface area contributed by atoms with E-state index in [1.54, 1.807) is 22.3 Å². The van der Waals surface area contributed by atoms with Gasteiger partial charge in [-0.25, -0.2) is 0 Å². The van der Waals surface area contributed by atoms with Crippen LogP contribution in [-0.4, -0.2) is 0 Å². The molecule has 0 atom stereocenters. The van der Waals surface area contributed by atoms with E-state index in [-0.39, 0.29) is 44.0 Å². The van der Waals surface area contributed by atoms with Gasteiger partial charge in [0, 0.05) is 0 Å². The molecule has 0 fully saturated rings. The first-order valence-electron chi connectivity index (χ1n) is 7.39. The molecule has 0 N–H and O–H groups in total. The van der Waals surface area contributed by atoms with Crippen molar-refractivity contribution in [3.8, 4) is 0 Å². The third-order valence-corrected chi connectivity index (χ3v) is 8.82. The second-order valence-electron chi connectivity index (χ2n) is 6.26. The number of halogens is 2. The Bertz CT molecular complexity index is 473. The summed E-state index contributed by atoms with van der Waals surface area (Å²) in [6.45, 7) is 14.1. The summed E-state index contributed by atoms with van der Waals surface area (Å²) in [4.78, 5) is 0. The molecule has 0 aromatic rings. The van der Waals surface area contributed by atoms with Crippen molar-refractivity contribution in [3.63, 3.8) is 0 Å². The predicted molar refractivity (Wildman–Crippen MR) is 81.0 cm³/mol. The first-order chi connectivity index (χ1) is 8.86. The Morgan fingerprint density at radius 2 is 1.33 bits per heavy atom. The summed E-state index contributed by atoms with van der Waals surface area (Å²) in [5.74, 6) is 0. The van der Waals surface area contributed by atoms with Crippen molar-refractivity contribution in [1.82, 2.24) is 0 Å². The standard InChI is InChI=1S/C10H15.C8H11.2ClH.Ti/c1-6-7(2)9(4)10(5)8(6)3;1-2-5-8-6-3-4-7-8;;;/h1-5H3;3-4,6-7H,2,5H2,1H3;2*1H;/q;;;;+2/p-2. The zero-order valence-corrected chi connectivity index (χ0v) is 17.1. The van der Waals surface area contributed by atoms with E-state index in [4.69, 9.17) is 0 Å². The van der Waals surface area contributed by atoms with Gasteiger partial charge in [-0.1, -0.05) is 0 Å². The quantitative estimate of drug-likeness (QED) is 0.620. The van der Waals surface area contributed by atoms with Crippen LogP contribution in [-0.2, 0) is 19.2 Å². The summed E-state index contributed by atoms with van der Waals surface area (Å²) in [7, 11) is 0. The average Bonchev–Trinajstić information content (AvgIpc) is 2.87. The summed E-state index contributed by atoms with van der Waals surface area (Å²) in [5.41, 5.74) is 6.35. The van der Waals surface area contributed by atoms with Gasteiger partial charge in [0.15, 0.2) is 0 Å². The molecule has 2 aliphatic carbocycles. The smallest absolute Gasteiger partial charge is 1.00 e. The van der Waals surface area contributed by atoms with Gasteiger partial charge in [0.25, 0.3) is 0 Å². The zero-order valence-electron chi connectivity index (χ0n) is 14.0. The molecule has 116 valence electrons. The SMILES string of the molecule is CCC[C]1([Ti+2][C]2(C)C(C)=C(C)C(C)=C2C)C=CC=C1.[Cl-].[Cl-]. The maximum absolute atomic E-state index is 2.50. The van der Waals surface area contributed by atoms with Crippen LogP contribution in [0.15, 0.2) is 46.6 Å². The van der Waals surface area contributed by atoms with Crippen molar-refractivity contribution >= 4 is 0 Å². The molecular weight excluding hydrogens is 335 g/mol. The van der Waals surface area contributed by atoms with Crippen LogP contribution < -0.4 is 24.8 Å². The van der Waals surface area contributed by atoms with Crippen molar-refractivity contribution in [2.45, 2.75) is 61.8 Å². The Morgan fingerprint density at radius 3 is 1.71 bits per heavy atom. The van der Waals surface area contributed by atoms with Crippen molar-refractivity contribution < 1.29 is 44.0 Å². The van der Waals surface area contributed by atoms with Gasteiger partial charge in [-0.3, -0.25) is 0 Å². The van der Waals surface area contributed by atoms with E-state index in [0.717, 1.165) is 0 Å². The fraction of sp³-hybridized carbons (Fsp3) is 0.556. The van der Waals surface area contributed by atoms with Crippen LogP contribution >= 0.6 is 0 Å². The van der Waals surface area contributed by atoms with E-state index in [1.165, 1.54) is 12.8 Å². The summed E-state index contributed by atoms with van der Waals surface area (Å²) >= 11 is -0.147. The number of rotatable bonds is 4. The molecular formula is C18H26Cl2Ti. The van der Waals surface area contributed by atoms with Crippen LogP contribution in [0.25, 0.3) is 0 Å². The predicted octanol–water partition coefficient (Wildman–Crippen LogP) is 0.0267. The number of hydrogen-bond donors (Lipinski definition) is 0. The first-order valence-corrected chi connectivity index (χ1v) is 8.95. The van der Waals surface area contributed by atoms with Gasteiger partial charge in [0.2, 0.25) is 0 Å². The molecule has 0 unspecified atom stereocenters. The molecule has 0 bridgehead atoms. The molecule has 0 saturated carbocycles. The van der Waals surface area contributed by atoms with Gasteiger partial charge < -0.3 is 24.8 Å². The van der Waals surface area contributed by atoms with Gasteiger partial charge in [-0.15, -0.1) is 0 Å². The summed E-state index contributed by atoms with van der Waals surface area (Å²) < 4.78 is 0.763. The minimum Gasteiger partial charge on any atom is -1.00 e. The molecule has 0 aromatic heterocycles. The molecule has 0 saturated heterocycles. The van der Waals surface area contributed by atoms with Crippen LogP contribution in [0.3, 0.4) is 0 Å². The number of allylic oxidation sites excluding steroid dienone is 8. The molecule has 0 radical (unpaired) electrons. The molecule has 0 nitrogen and oxygen atoms in total. The van der Waals surface area contributed by atoms with Crippen LogP contribution in [0.5, 0.6) is 0 Å². The fourth-order valence-electron chi connectivity index (χ4n) is 3.48. The largest absolute Gasteiger partial charge is 1.00 e. The van der Waals surface area contributed by atoms with Crippen LogP contribution in [0.1, 0.15) is 54.4 Å². The Balaban J connectivity index is 0.00000200. The van der Waals surface area contributed by atoms with E-state index in [2.05, 4.69) is 65.8 Å². The first kappa shape index (κ1) is 21.3. The van der Waals surface area contributed by atoms with Gasteiger partial charge >= 0.3 is 128 Å². The number of hydrogen-bond acceptors (Lipinski definition) is 0. The van der Waals surface area contributed by atoms with Gasteiger partial charge in [-0.2, -0.15) is 0 Å². The second kappa shape index (κ2) is 7.69. The summed E-state index contributed by atoms with van der Waals surface area (Å²) in [6, 6.07) is 0. The van der Waals surface area contributed by atoms with E-state index in [9.17, 15) is 0 Å². The van der Waals surface area contributed by atoms with Crippen molar-refractivity contribution in [1.29, 1.82) is 0 Å². The minimum absolute atomic E-state index is 0.